The summed E-state index contributed by atoms with van der Waals surface area (Å²) in [6.07, 6.45) is 2.12. The van der Waals surface area contributed by atoms with Crippen LogP contribution in [0.1, 0.15) is 12.0 Å². The van der Waals surface area contributed by atoms with E-state index >= 15 is 0 Å². The van der Waals surface area contributed by atoms with Crippen LogP contribution in [0.4, 0.5) is 5.69 Å². The van der Waals surface area contributed by atoms with Gasteiger partial charge in [-0.25, -0.2) is 5.01 Å². The largest absolute Gasteiger partial charge is 0.493 e. The highest BCUT2D eigenvalue weighted by Gasteiger charge is 2.34. The molecular weight excluding hydrogens is 456 g/mol. The highest BCUT2D eigenvalue weighted by Crippen LogP contribution is 2.37. The zero-order valence-corrected chi connectivity index (χ0v) is 19.2. The summed E-state index contributed by atoms with van der Waals surface area (Å²) in [5, 5.41) is 1.52. The Kier molecular flexibility index (Phi) is 7.34. The molecule has 0 unspecified atom stereocenters. The van der Waals surface area contributed by atoms with Crippen molar-refractivity contribution >= 4 is 35.2 Å². The second-order valence-corrected chi connectivity index (χ2v) is 7.78. The maximum atomic E-state index is 12.8. The molecule has 1 heterocycles. The first-order valence-corrected chi connectivity index (χ1v) is 11.0. The van der Waals surface area contributed by atoms with Crippen LogP contribution in [0.2, 0.25) is 5.02 Å². The molecule has 1 aliphatic heterocycles. The number of carbonyl (C=O) groups excluding carboxylic acids is 2. The molecule has 2 amide bonds. The summed E-state index contributed by atoms with van der Waals surface area (Å²) >= 11 is 6.44. The summed E-state index contributed by atoms with van der Waals surface area (Å²) in [7, 11) is 1.50. The first kappa shape index (κ1) is 23.2. The SMILES string of the molecule is COc1cc(/C=C2/C(=O)NN(c3ccccc3)C2=O)cc(Cl)c1OCCCOc1ccccc1. The van der Waals surface area contributed by atoms with Crippen LogP contribution in [-0.4, -0.2) is 32.1 Å². The molecule has 1 aliphatic rings. The number of halogens is 1. The van der Waals surface area contributed by atoms with Crippen LogP contribution < -0.4 is 24.6 Å². The fourth-order valence-electron chi connectivity index (χ4n) is 3.39. The van der Waals surface area contributed by atoms with Crippen molar-refractivity contribution in [2.75, 3.05) is 25.3 Å². The molecule has 3 aromatic rings. The van der Waals surface area contributed by atoms with E-state index in [1.165, 1.54) is 18.2 Å². The van der Waals surface area contributed by atoms with Gasteiger partial charge in [0.25, 0.3) is 11.8 Å². The Labute approximate surface area is 202 Å². The third-order valence-corrected chi connectivity index (χ3v) is 5.30. The lowest BCUT2D eigenvalue weighted by Crippen LogP contribution is -2.35. The van der Waals surface area contributed by atoms with Gasteiger partial charge in [-0.2, -0.15) is 0 Å². The van der Waals surface area contributed by atoms with Gasteiger partial charge in [0.1, 0.15) is 11.3 Å². The molecule has 1 saturated heterocycles. The summed E-state index contributed by atoms with van der Waals surface area (Å²) in [5.74, 6) is 0.632. The van der Waals surface area contributed by atoms with Crippen LogP contribution >= 0.6 is 11.6 Å². The van der Waals surface area contributed by atoms with Gasteiger partial charge in [0.15, 0.2) is 11.5 Å². The Balaban J connectivity index is 1.43. The minimum atomic E-state index is -0.498. The molecule has 0 bridgehead atoms. The monoisotopic (exact) mass is 478 g/mol. The molecule has 3 aromatic carbocycles. The highest BCUT2D eigenvalue weighted by atomic mass is 35.5. The average molecular weight is 479 g/mol. The minimum Gasteiger partial charge on any atom is -0.493 e. The Morgan fingerprint density at radius 1 is 0.941 bits per heavy atom. The first-order valence-electron chi connectivity index (χ1n) is 10.7. The molecule has 4 rings (SSSR count). The third-order valence-electron chi connectivity index (χ3n) is 5.02. The van der Waals surface area contributed by atoms with Gasteiger partial charge in [-0.3, -0.25) is 15.0 Å². The van der Waals surface area contributed by atoms with Gasteiger partial charge in [0.05, 0.1) is 31.0 Å². The number of amides is 2. The van der Waals surface area contributed by atoms with Gasteiger partial charge < -0.3 is 14.2 Å². The third kappa shape index (κ3) is 5.32. The van der Waals surface area contributed by atoms with Gasteiger partial charge in [-0.05, 0) is 48.0 Å². The number of ether oxygens (including phenoxy) is 3. The summed E-state index contributed by atoms with van der Waals surface area (Å²) in [4.78, 5) is 25.2. The predicted octanol–water partition coefficient (Wildman–Crippen LogP) is 4.66. The molecule has 8 heteroatoms. The van der Waals surface area contributed by atoms with E-state index in [2.05, 4.69) is 5.43 Å². The fourth-order valence-corrected chi connectivity index (χ4v) is 3.66. The maximum absolute atomic E-state index is 12.8. The van der Waals surface area contributed by atoms with Gasteiger partial charge in [0.2, 0.25) is 0 Å². The molecule has 1 N–H and O–H groups in total. The van der Waals surface area contributed by atoms with Crippen molar-refractivity contribution in [1.29, 1.82) is 0 Å². The van der Waals surface area contributed by atoms with Crippen molar-refractivity contribution in [1.82, 2.24) is 5.43 Å². The summed E-state index contributed by atoms with van der Waals surface area (Å²) in [6, 6.07) is 21.7. The van der Waals surface area contributed by atoms with E-state index in [4.69, 9.17) is 25.8 Å². The van der Waals surface area contributed by atoms with Crippen molar-refractivity contribution in [2.45, 2.75) is 6.42 Å². The Morgan fingerprint density at radius 3 is 2.32 bits per heavy atom. The van der Waals surface area contributed by atoms with Crippen LogP contribution in [0.3, 0.4) is 0 Å². The number of hydrogen-bond donors (Lipinski definition) is 1. The molecule has 1 fully saturated rings. The maximum Gasteiger partial charge on any atom is 0.282 e. The molecule has 0 aromatic heterocycles. The van der Waals surface area contributed by atoms with E-state index in [-0.39, 0.29) is 5.57 Å². The molecule has 0 atom stereocenters. The smallest absolute Gasteiger partial charge is 0.282 e. The van der Waals surface area contributed by atoms with E-state index in [0.29, 0.717) is 47.4 Å². The second kappa shape index (κ2) is 10.8. The van der Waals surface area contributed by atoms with Gasteiger partial charge in [0, 0.05) is 6.42 Å². The zero-order chi connectivity index (χ0) is 23.9. The molecular formula is C26H23ClN2O5. The van der Waals surface area contributed by atoms with Gasteiger partial charge >= 0.3 is 0 Å². The number of benzene rings is 3. The molecule has 7 nitrogen and oxygen atoms in total. The fraction of sp³-hybridized carbons (Fsp3) is 0.154. The molecule has 0 aliphatic carbocycles. The number of rotatable bonds is 9. The quantitative estimate of drug-likeness (QED) is 0.275. The van der Waals surface area contributed by atoms with Crippen LogP contribution in [0, 0.1) is 0 Å². The van der Waals surface area contributed by atoms with Gasteiger partial charge in [-0.15, -0.1) is 0 Å². The topological polar surface area (TPSA) is 77.1 Å². The number of hydrazine groups is 1. The standard InChI is InChI=1S/C26H23ClN2O5/c1-32-23-17-18(15-21-25(30)28-29(26(21)31)19-9-4-2-5-10-19)16-22(27)24(23)34-14-8-13-33-20-11-6-3-7-12-20/h2-7,9-12,15-17H,8,13-14H2,1H3,(H,28,30)/b21-15-. The lowest BCUT2D eigenvalue weighted by molar-refractivity contribution is -0.117. The van der Waals surface area contributed by atoms with E-state index < -0.39 is 11.8 Å². The number of nitrogens with zero attached hydrogens (tertiary/aromatic N) is 1. The second-order valence-electron chi connectivity index (χ2n) is 7.37. The predicted molar refractivity (Wildman–Crippen MR) is 130 cm³/mol. The highest BCUT2D eigenvalue weighted by molar-refractivity contribution is 6.33. The molecule has 0 saturated carbocycles. The Bertz CT molecular complexity index is 1200. The normalized spacial score (nSPS) is 14.3. The van der Waals surface area contributed by atoms with E-state index in [1.807, 2.05) is 36.4 Å². The summed E-state index contributed by atoms with van der Waals surface area (Å²) in [6.45, 7) is 0.861. The van der Waals surface area contributed by atoms with E-state index in [9.17, 15) is 9.59 Å². The minimum absolute atomic E-state index is 0.00583. The Hall–Kier alpha value is -3.97. The summed E-state index contributed by atoms with van der Waals surface area (Å²) < 4.78 is 16.9. The van der Waals surface area contributed by atoms with Crippen molar-refractivity contribution in [3.63, 3.8) is 0 Å². The van der Waals surface area contributed by atoms with Crippen molar-refractivity contribution < 1.29 is 23.8 Å². The summed E-state index contributed by atoms with van der Waals surface area (Å²) in [5.41, 5.74) is 3.67. The lowest BCUT2D eigenvalue weighted by atomic mass is 10.1. The number of nitrogens with one attached hydrogen (secondary N) is 1. The molecule has 34 heavy (non-hydrogen) atoms. The van der Waals surface area contributed by atoms with Gasteiger partial charge in [-0.1, -0.05) is 48.0 Å². The number of carbonyl (C=O) groups is 2. The lowest BCUT2D eigenvalue weighted by Gasteiger charge is -2.14. The van der Waals surface area contributed by atoms with Crippen molar-refractivity contribution in [2.24, 2.45) is 0 Å². The van der Waals surface area contributed by atoms with Crippen LogP contribution in [0.5, 0.6) is 17.2 Å². The van der Waals surface area contributed by atoms with Crippen LogP contribution in [-0.2, 0) is 9.59 Å². The van der Waals surface area contributed by atoms with Crippen molar-refractivity contribution in [3.8, 4) is 17.2 Å². The van der Waals surface area contributed by atoms with Crippen LogP contribution in [0.25, 0.3) is 6.08 Å². The zero-order valence-electron chi connectivity index (χ0n) is 18.5. The van der Waals surface area contributed by atoms with E-state index in [1.54, 1.807) is 36.4 Å². The first-order chi connectivity index (χ1) is 16.6. The molecule has 0 radical (unpaired) electrons. The van der Waals surface area contributed by atoms with Crippen molar-refractivity contribution in [3.05, 3.63) is 89.0 Å². The molecule has 174 valence electrons. The average Bonchev–Trinajstić information content (AvgIpc) is 3.14. The number of methoxy groups -OCH3 is 1. The van der Waals surface area contributed by atoms with E-state index in [0.717, 1.165) is 5.75 Å². The number of anilines is 1. The Morgan fingerprint density at radius 2 is 1.62 bits per heavy atom. The number of hydrogen-bond acceptors (Lipinski definition) is 5. The number of para-hydroxylation sites is 2. The molecule has 0 spiro atoms. The van der Waals surface area contributed by atoms with Crippen LogP contribution in [0.15, 0.2) is 78.4 Å².